The van der Waals surface area contributed by atoms with E-state index in [0.717, 1.165) is 19.4 Å². The van der Waals surface area contributed by atoms with E-state index in [2.05, 4.69) is 31.0 Å². The molecule has 1 heterocycles. The maximum Gasteiger partial charge on any atom is 0.235 e. The average molecular weight is 363 g/mol. The number of nitrogens with zero attached hydrogens (tertiary/aromatic N) is 1. The average Bonchev–Trinajstić information content (AvgIpc) is 2.71. The molecule has 2 bridgehead atoms. The standard InChI is InChI=1S/C16H24Cl2N2OS/c1-13(2)5-10-6-14(3,7-13)9-20(10)12(22)19-11(21)15(4)8-16(15,17)18/h10H,5-9H2,1-4H3,(H,19,21,22)/t10-,14-,15+/m1/s1. The Morgan fingerprint density at radius 2 is 1.77 bits per heavy atom. The fourth-order valence-electron chi connectivity index (χ4n) is 4.65. The first-order valence-corrected chi connectivity index (χ1v) is 9.04. The van der Waals surface area contributed by atoms with Crippen molar-refractivity contribution < 1.29 is 4.79 Å². The first-order chi connectivity index (χ1) is 9.88. The zero-order valence-corrected chi connectivity index (χ0v) is 16.0. The van der Waals surface area contributed by atoms with Gasteiger partial charge in [0, 0.05) is 12.6 Å². The Labute approximate surface area is 148 Å². The summed E-state index contributed by atoms with van der Waals surface area (Å²) in [6.45, 7) is 9.68. The number of likely N-dealkylation sites (tertiary alicyclic amines) is 1. The van der Waals surface area contributed by atoms with Crippen LogP contribution in [0.2, 0.25) is 0 Å². The van der Waals surface area contributed by atoms with Gasteiger partial charge in [-0.05, 0) is 55.7 Å². The molecule has 1 amide bonds. The summed E-state index contributed by atoms with van der Waals surface area (Å²) in [6.07, 6.45) is 3.95. The summed E-state index contributed by atoms with van der Waals surface area (Å²) < 4.78 is -0.957. The molecule has 0 radical (unpaired) electrons. The van der Waals surface area contributed by atoms with Gasteiger partial charge in [0.25, 0.3) is 0 Å². The Morgan fingerprint density at radius 1 is 1.18 bits per heavy atom. The predicted molar refractivity (Wildman–Crippen MR) is 94.1 cm³/mol. The van der Waals surface area contributed by atoms with Crippen LogP contribution in [0, 0.1) is 16.2 Å². The predicted octanol–water partition coefficient (Wildman–Crippen LogP) is 3.87. The third kappa shape index (κ3) is 2.65. The molecule has 1 saturated heterocycles. The van der Waals surface area contributed by atoms with Gasteiger partial charge in [-0.3, -0.25) is 4.79 Å². The second-order valence-electron chi connectivity index (χ2n) is 8.81. The van der Waals surface area contributed by atoms with Crippen molar-refractivity contribution in [1.82, 2.24) is 10.2 Å². The van der Waals surface area contributed by atoms with Crippen molar-refractivity contribution in [2.45, 2.75) is 63.8 Å². The number of alkyl halides is 2. The second-order valence-corrected chi connectivity index (χ2v) is 10.7. The number of fused-ring (bicyclic) bond motifs is 2. The van der Waals surface area contributed by atoms with Crippen molar-refractivity contribution in [3.8, 4) is 0 Å². The van der Waals surface area contributed by atoms with E-state index in [9.17, 15) is 4.79 Å². The Morgan fingerprint density at radius 3 is 2.32 bits per heavy atom. The molecule has 3 atom stereocenters. The van der Waals surface area contributed by atoms with E-state index in [1.165, 1.54) is 6.42 Å². The summed E-state index contributed by atoms with van der Waals surface area (Å²) in [5, 5.41) is 3.42. The maximum atomic E-state index is 12.4. The number of halogens is 2. The van der Waals surface area contributed by atoms with Crippen LogP contribution in [0.4, 0.5) is 0 Å². The highest BCUT2D eigenvalue weighted by Gasteiger charge is 2.68. The lowest BCUT2D eigenvalue weighted by Gasteiger charge is -2.39. The summed E-state index contributed by atoms with van der Waals surface area (Å²) >= 11 is 17.7. The number of rotatable bonds is 1. The molecule has 1 N–H and O–H groups in total. The summed E-state index contributed by atoms with van der Waals surface area (Å²) in [7, 11) is 0. The van der Waals surface area contributed by atoms with Crippen LogP contribution in [-0.2, 0) is 4.79 Å². The fraction of sp³-hybridized carbons (Fsp3) is 0.875. The van der Waals surface area contributed by atoms with Crippen molar-refractivity contribution in [1.29, 1.82) is 0 Å². The maximum absolute atomic E-state index is 12.4. The van der Waals surface area contributed by atoms with Gasteiger partial charge in [0.1, 0.15) is 4.33 Å². The molecule has 124 valence electrons. The second kappa shape index (κ2) is 4.73. The number of carbonyl (C=O) groups excluding carboxylic acids is 1. The van der Waals surface area contributed by atoms with Crippen LogP contribution in [0.1, 0.15) is 53.4 Å². The zero-order valence-electron chi connectivity index (χ0n) is 13.6. The van der Waals surface area contributed by atoms with E-state index >= 15 is 0 Å². The molecule has 3 aliphatic rings. The van der Waals surface area contributed by atoms with E-state index in [1.54, 1.807) is 6.92 Å². The Bertz CT molecular complexity index is 550. The van der Waals surface area contributed by atoms with Crippen molar-refractivity contribution in [3.63, 3.8) is 0 Å². The molecular weight excluding hydrogens is 339 g/mol. The lowest BCUT2D eigenvalue weighted by molar-refractivity contribution is -0.124. The normalized spacial score (nSPS) is 41.2. The van der Waals surface area contributed by atoms with Gasteiger partial charge < -0.3 is 10.2 Å². The van der Waals surface area contributed by atoms with E-state index in [1.807, 2.05) is 0 Å². The molecule has 0 aromatic rings. The first-order valence-electron chi connectivity index (χ1n) is 7.88. The van der Waals surface area contributed by atoms with Crippen molar-refractivity contribution in [3.05, 3.63) is 0 Å². The van der Waals surface area contributed by atoms with Gasteiger partial charge >= 0.3 is 0 Å². The molecule has 3 nitrogen and oxygen atoms in total. The highest BCUT2D eigenvalue weighted by molar-refractivity contribution is 7.80. The lowest BCUT2D eigenvalue weighted by Crippen LogP contribution is -2.48. The lowest BCUT2D eigenvalue weighted by atomic mass is 9.65. The molecule has 3 rings (SSSR count). The smallest absolute Gasteiger partial charge is 0.235 e. The van der Waals surface area contributed by atoms with Crippen LogP contribution < -0.4 is 5.32 Å². The molecule has 22 heavy (non-hydrogen) atoms. The number of hydrogen-bond acceptors (Lipinski definition) is 2. The molecule has 0 spiro atoms. The molecule has 0 unspecified atom stereocenters. The van der Waals surface area contributed by atoms with Gasteiger partial charge in [0.05, 0.1) is 5.41 Å². The monoisotopic (exact) mass is 362 g/mol. The van der Waals surface area contributed by atoms with Crippen molar-refractivity contribution in [2.75, 3.05) is 6.54 Å². The molecule has 1 aliphatic heterocycles. The van der Waals surface area contributed by atoms with Gasteiger partial charge in [0.2, 0.25) is 5.91 Å². The van der Waals surface area contributed by atoms with Crippen LogP contribution in [0.25, 0.3) is 0 Å². The van der Waals surface area contributed by atoms with Crippen molar-refractivity contribution >= 4 is 46.4 Å². The molecular formula is C16H24Cl2N2OS. The van der Waals surface area contributed by atoms with Crippen LogP contribution in [0.5, 0.6) is 0 Å². The summed E-state index contributed by atoms with van der Waals surface area (Å²) in [5.74, 6) is -0.159. The highest BCUT2D eigenvalue weighted by Crippen LogP contribution is 2.63. The van der Waals surface area contributed by atoms with Crippen LogP contribution >= 0.6 is 35.4 Å². The largest absolute Gasteiger partial charge is 0.345 e. The minimum Gasteiger partial charge on any atom is -0.345 e. The molecule has 6 heteroatoms. The number of carbonyl (C=O) groups is 1. The van der Waals surface area contributed by atoms with Crippen LogP contribution in [0.3, 0.4) is 0 Å². The quantitative estimate of drug-likeness (QED) is 0.567. The topological polar surface area (TPSA) is 32.3 Å². The van der Waals surface area contributed by atoms with Gasteiger partial charge in [-0.2, -0.15) is 0 Å². The van der Waals surface area contributed by atoms with E-state index in [-0.39, 0.29) is 11.3 Å². The Kier molecular flexibility index (Phi) is 3.61. The van der Waals surface area contributed by atoms with Crippen molar-refractivity contribution in [2.24, 2.45) is 16.2 Å². The molecule has 3 fully saturated rings. The molecule has 0 aromatic carbocycles. The summed E-state index contributed by atoms with van der Waals surface area (Å²) in [6, 6.07) is 0.422. The minimum atomic E-state index is -0.957. The third-order valence-corrected chi connectivity index (χ3v) is 7.09. The highest BCUT2D eigenvalue weighted by atomic mass is 35.5. The third-order valence-electron chi connectivity index (χ3n) is 5.66. The van der Waals surface area contributed by atoms with Gasteiger partial charge in [-0.25, -0.2) is 0 Å². The van der Waals surface area contributed by atoms with Gasteiger partial charge in [-0.15, -0.1) is 23.2 Å². The zero-order chi connectivity index (χ0) is 16.6. The van der Waals surface area contributed by atoms with E-state index in [4.69, 9.17) is 35.4 Å². The number of hydrogen-bond donors (Lipinski definition) is 1. The van der Waals surface area contributed by atoms with Crippen LogP contribution in [0.15, 0.2) is 0 Å². The summed E-state index contributed by atoms with van der Waals surface area (Å²) in [4.78, 5) is 14.6. The Hall–Kier alpha value is -0.0600. The minimum absolute atomic E-state index is 0.159. The van der Waals surface area contributed by atoms with Gasteiger partial charge in [0.15, 0.2) is 5.11 Å². The summed E-state index contributed by atoms with van der Waals surface area (Å²) in [5.41, 5.74) is -0.110. The molecule has 2 aliphatic carbocycles. The molecule has 2 saturated carbocycles. The Balaban J connectivity index is 1.68. The van der Waals surface area contributed by atoms with E-state index in [0.29, 0.717) is 23.0 Å². The first kappa shape index (κ1) is 16.8. The van der Waals surface area contributed by atoms with Gasteiger partial charge in [-0.1, -0.05) is 20.8 Å². The van der Waals surface area contributed by atoms with E-state index < -0.39 is 9.75 Å². The number of thiocarbonyl (C=S) groups is 1. The SMILES string of the molecule is CC1(C)C[C@@H]2C[C@@](C)(CN2C(=S)NC(=O)[C@]2(C)CC2(Cl)Cl)C1. The molecule has 0 aromatic heterocycles. The number of nitrogens with one attached hydrogen (secondary N) is 1. The van der Waals surface area contributed by atoms with Crippen LogP contribution in [-0.4, -0.2) is 32.8 Å². The fourth-order valence-corrected chi connectivity index (χ4v) is 5.66. The number of amides is 1.